The van der Waals surface area contributed by atoms with Crippen LogP contribution in [0.3, 0.4) is 0 Å². The summed E-state index contributed by atoms with van der Waals surface area (Å²) in [7, 11) is 0. The molecule has 0 atom stereocenters. The van der Waals surface area contributed by atoms with E-state index in [1.54, 1.807) is 0 Å². The van der Waals surface area contributed by atoms with E-state index >= 15 is 0 Å². The van der Waals surface area contributed by atoms with Crippen LogP contribution < -0.4 is 0 Å². The third-order valence-electron chi connectivity index (χ3n) is 2.64. The maximum Gasteiger partial charge on any atom is 0.108 e. The smallest absolute Gasteiger partial charge is 0.108 e. The lowest BCUT2D eigenvalue weighted by Crippen LogP contribution is -1.95. The lowest BCUT2D eigenvalue weighted by Gasteiger charge is -2.16. The SMILES string of the molecule is C=CC[C+](CC=C)CC[CH-]CC(=C)C[CH-]C[CH2+]. The molecule has 17 heavy (non-hydrogen) atoms. The Morgan fingerprint density at radius 1 is 1.12 bits per heavy atom. The van der Waals surface area contributed by atoms with E-state index in [0.717, 1.165) is 44.9 Å². The van der Waals surface area contributed by atoms with Gasteiger partial charge in [0.25, 0.3) is 0 Å². The van der Waals surface area contributed by atoms with Gasteiger partial charge in [-0.25, -0.2) is 0 Å². The molecule has 0 unspecified atom stereocenters. The van der Waals surface area contributed by atoms with Gasteiger partial charge in [-0.05, 0) is 18.6 Å². The van der Waals surface area contributed by atoms with Crippen molar-refractivity contribution in [1.29, 1.82) is 0 Å². The molecule has 0 saturated carbocycles. The van der Waals surface area contributed by atoms with Crippen molar-refractivity contribution in [3.63, 3.8) is 0 Å². The van der Waals surface area contributed by atoms with E-state index in [9.17, 15) is 0 Å². The summed E-state index contributed by atoms with van der Waals surface area (Å²) in [6.45, 7) is 15.4. The molecular weight excluding hydrogens is 204 g/mol. The van der Waals surface area contributed by atoms with E-state index in [1.807, 2.05) is 12.2 Å². The summed E-state index contributed by atoms with van der Waals surface area (Å²) in [6, 6.07) is 0. The number of hydrogen-bond acceptors (Lipinski definition) is 0. The minimum Gasteiger partial charge on any atom is -0.321 e. The van der Waals surface area contributed by atoms with Gasteiger partial charge in [-0.2, -0.15) is 12.8 Å². The van der Waals surface area contributed by atoms with Crippen LogP contribution in [0.5, 0.6) is 0 Å². The molecule has 0 amide bonds. The van der Waals surface area contributed by atoms with Crippen molar-refractivity contribution in [2.75, 3.05) is 0 Å². The zero-order chi connectivity index (χ0) is 12.9. The number of allylic oxidation sites excluding steroid dienone is 3. The van der Waals surface area contributed by atoms with Gasteiger partial charge in [0.2, 0.25) is 0 Å². The maximum atomic E-state index is 4.05. The predicted octanol–water partition coefficient (Wildman–Crippen LogP) is 5.46. The van der Waals surface area contributed by atoms with Gasteiger partial charge in [-0.1, -0.05) is 13.2 Å². The van der Waals surface area contributed by atoms with Crippen LogP contribution in [0.2, 0.25) is 0 Å². The predicted molar refractivity (Wildman–Crippen MR) is 79.1 cm³/mol. The van der Waals surface area contributed by atoms with Gasteiger partial charge in [0.15, 0.2) is 0 Å². The molecule has 0 aromatic rings. The number of unbranched alkanes of at least 4 members (excludes halogenated alkanes) is 2. The summed E-state index contributed by atoms with van der Waals surface area (Å²) in [5.41, 5.74) is 1.28. The highest BCUT2D eigenvalue weighted by molar-refractivity contribution is 5.05. The van der Waals surface area contributed by atoms with Crippen LogP contribution in [0.25, 0.3) is 0 Å². The van der Waals surface area contributed by atoms with Crippen molar-refractivity contribution < 1.29 is 0 Å². The Morgan fingerprint density at radius 3 is 2.24 bits per heavy atom. The van der Waals surface area contributed by atoms with Crippen LogP contribution in [-0.4, -0.2) is 0 Å². The molecule has 0 aliphatic heterocycles. The Hall–Kier alpha value is -1.04. The molecule has 0 spiro atoms. The molecule has 0 radical (unpaired) electrons. The minimum absolute atomic E-state index is 0.885. The second kappa shape index (κ2) is 11.4. The minimum atomic E-state index is 0.885. The normalized spacial score (nSPS) is 9.88. The zero-order valence-corrected chi connectivity index (χ0v) is 11.1. The van der Waals surface area contributed by atoms with Gasteiger partial charge in [-0.3, -0.25) is 6.42 Å². The fourth-order valence-corrected chi connectivity index (χ4v) is 1.70. The Morgan fingerprint density at radius 2 is 1.71 bits per heavy atom. The highest BCUT2D eigenvalue weighted by atomic mass is 14.1. The Balaban J connectivity index is 3.55. The second-order valence-electron chi connectivity index (χ2n) is 4.30. The van der Waals surface area contributed by atoms with E-state index in [2.05, 4.69) is 39.5 Å². The Kier molecular flexibility index (Phi) is 10.7. The van der Waals surface area contributed by atoms with Crippen LogP contribution >= 0.6 is 0 Å². The molecule has 0 heterocycles. The van der Waals surface area contributed by atoms with Crippen molar-refractivity contribution in [2.24, 2.45) is 0 Å². The van der Waals surface area contributed by atoms with E-state index in [0.29, 0.717) is 0 Å². The van der Waals surface area contributed by atoms with Crippen molar-refractivity contribution in [3.8, 4) is 0 Å². The second-order valence-corrected chi connectivity index (χ2v) is 4.30. The number of rotatable bonds is 12. The lowest BCUT2D eigenvalue weighted by molar-refractivity contribution is 0.730. The van der Waals surface area contributed by atoms with Gasteiger partial charge in [0.1, 0.15) is 12.8 Å². The van der Waals surface area contributed by atoms with E-state index in [4.69, 9.17) is 0 Å². The van der Waals surface area contributed by atoms with E-state index in [1.165, 1.54) is 11.5 Å². The Labute approximate surface area is 109 Å². The molecule has 0 aliphatic carbocycles. The van der Waals surface area contributed by atoms with Crippen LogP contribution in [0.1, 0.15) is 44.9 Å². The van der Waals surface area contributed by atoms with Crippen LogP contribution in [-0.2, 0) is 0 Å². The zero-order valence-electron chi connectivity index (χ0n) is 11.1. The number of hydrogen-bond donors (Lipinski definition) is 0. The average molecular weight is 230 g/mol. The first-order valence-corrected chi connectivity index (χ1v) is 6.39. The molecule has 0 nitrogen and oxygen atoms in total. The topological polar surface area (TPSA) is 0 Å². The standard InChI is InChI=1S/C17H26/c1-5-8-13-16(4)14-9-10-15-17(11-6-2)12-7-3/h6-9H,1-5,10-15H2. The highest BCUT2D eigenvalue weighted by Gasteiger charge is 2.12. The summed E-state index contributed by atoms with van der Waals surface area (Å²) in [4.78, 5) is 0. The van der Waals surface area contributed by atoms with Crippen molar-refractivity contribution >= 4 is 0 Å². The molecule has 0 fully saturated rings. The van der Waals surface area contributed by atoms with Crippen LogP contribution in [0.15, 0.2) is 37.5 Å². The van der Waals surface area contributed by atoms with Crippen molar-refractivity contribution in [1.82, 2.24) is 0 Å². The summed E-state index contributed by atoms with van der Waals surface area (Å²) in [6.07, 6.45) is 15.6. The molecular formula is C17H26. The fourth-order valence-electron chi connectivity index (χ4n) is 1.70. The van der Waals surface area contributed by atoms with Gasteiger partial charge in [0.05, 0.1) is 12.3 Å². The van der Waals surface area contributed by atoms with Gasteiger partial charge in [0, 0.05) is 6.92 Å². The summed E-state index contributed by atoms with van der Waals surface area (Å²) < 4.78 is 0. The molecule has 0 saturated heterocycles. The monoisotopic (exact) mass is 230 g/mol. The Bertz CT molecular complexity index is 202. The van der Waals surface area contributed by atoms with Gasteiger partial charge < -0.3 is 6.42 Å². The lowest BCUT2D eigenvalue weighted by atomic mass is 9.93. The third-order valence-corrected chi connectivity index (χ3v) is 2.64. The average Bonchev–Trinajstić information content (AvgIpc) is 2.32. The van der Waals surface area contributed by atoms with E-state index in [-0.39, 0.29) is 0 Å². The molecule has 94 valence electrons. The quantitative estimate of drug-likeness (QED) is 0.237. The first-order chi connectivity index (χ1) is 8.24. The van der Waals surface area contributed by atoms with Crippen LogP contribution in [0, 0.1) is 25.7 Å². The van der Waals surface area contributed by atoms with Gasteiger partial charge in [-0.15, -0.1) is 18.6 Å². The molecule has 0 aliphatic rings. The molecule has 0 aromatic heterocycles. The van der Waals surface area contributed by atoms with Crippen molar-refractivity contribution in [2.45, 2.75) is 44.9 Å². The molecule has 0 rings (SSSR count). The van der Waals surface area contributed by atoms with Gasteiger partial charge >= 0.3 is 0 Å². The molecule has 0 N–H and O–H groups in total. The largest absolute Gasteiger partial charge is 0.321 e. The van der Waals surface area contributed by atoms with Crippen LogP contribution in [0.4, 0.5) is 0 Å². The highest BCUT2D eigenvalue weighted by Crippen LogP contribution is 2.21. The summed E-state index contributed by atoms with van der Waals surface area (Å²) in [5, 5.41) is 0. The van der Waals surface area contributed by atoms with E-state index < -0.39 is 0 Å². The summed E-state index contributed by atoms with van der Waals surface area (Å²) in [5.74, 6) is 1.51. The molecule has 0 aromatic carbocycles. The van der Waals surface area contributed by atoms with Crippen molar-refractivity contribution in [3.05, 3.63) is 63.1 Å². The molecule has 0 heteroatoms. The fraction of sp³-hybridized carbons (Fsp3) is 0.412. The first-order valence-electron chi connectivity index (χ1n) is 6.39. The molecule has 0 bridgehead atoms. The maximum absolute atomic E-state index is 4.05. The summed E-state index contributed by atoms with van der Waals surface area (Å²) >= 11 is 0. The first kappa shape index (κ1) is 16.0. The third kappa shape index (κ3) is 9.86.